The van der Waals surface area contributed by atoms with Crippen LogP contribution in [0.2, 0.25) is 26.2 Å². The summed E-state index contributed by atoms with van der Waals surface area (Å²) < 4.78 is 5.78. The van der Waals surface area contributed by atoms with Crippen LogP contribution in [-0.2, 0) is 4.12 Å². The zero-order valence-corrected chi connectivity index (χ0v) is 10.6. The quantitative estimate of drug-likeness (QED) is 0.524. The third-order valence-corrected chi connectivity index (χ3v) is 7.42. The highest BCUT2D eigenvalue weighted by Gasteiger charge is 2.14. The van der Waals surface area contributed by atoms with E-state index in [0.717, 1.165) is 0 Å². The van der Waals surface area contributed by atoms with Gasteiger partial charge in [0.15, 0.2) is 8.32 Å². The molecule has 1 unspecified atom stereocenters. The zero-order chi connectivity index (χ0) is 6.78. The molecule has 0 aromatic rings. The lowest BCUT2D eigenvalue weighted by atomic mass is 11.8. The van der Waals surface area contributed by atoms with Crippen LogP contribution in [0.4, 0.5) is 0 Å². The highest BCUT2D eigenvalue weighted by molar-refractivity contribution is 7.02. The largest absolute Gasteiger partial charge is 0.461 e. The van der Waals surface area contributed by atoms with Gasteiger partial charge in [0.2, 0.25) is 0 Å². The predicted molar refractivity (Wildman–Crippen MR) is 47.4 cm³/mol. The van der Waals surface area contributed by atoms with Crippen molar-refractivity contribution >= 4 is 26.6 Å². The third-order valence-electron chi connectivity index (χ3n) is 0.589. The van der Waals surface area contributed by atoms with Gasteiger partial charge in [-0.15, -0.1) is 0 Å². The van der Waals surface area contributed by atoms with Crippen LogP contribution in [-0.4, -0.2) is 26.6 Å². The lowest BCUT2D eigenvalue weighted by Gasteiger charge is -2.20. The van der Waals surface area contributed by atoms with Gasteiger partial charge >= 0.3 is 0 Å². The molecule has 8 heavy (non-hydrogen) atoms. The summed E-state index contributed by atoms with van der Waals surface area (Å²) in [5, 5.41) is 0. The van der Waals surface area contributed by atoms with Crippen molar-refractivity contribution in [1.82, 2.24) is 0 Å². The van der Waals surface area contributed by atoms with Crippen molar-refractivity contribution in [2.75, 3.05) is 0 Å². The molecule has 1 nitrogen and oxygen atoms in total. The minimum Gasteiger partial charge on any atom is -0.461 e. The van der Waals surface area contributed by atoms with Crippen molar-refractivity contribution in [3.8, 4) is 0 Å². The van der Waals surface area contributed by atoms with Gasteiger partial charge in [-0.25, -0.2) is 0 Å². The second-order valence-electron chi connectivity index (χ2n) is 3.28. The van der Waals surface area contributed by atoms with Crippen LogP contribution in [0.15, 0.2) is 0 Å². The van der Waals surface area contributed by atoms with Crippen LogP contribution in [0.25, 0.3) is 0 Å². The number of hydrogen-bond donors (Lipinski definition) is 0. The van der Waals surface area contributed by atoms with E-state index in [4.69, 9.17) is 4.12 Å². The maximum Gasteiger partial charge on any atom is 0.169 e. The second kappa shape index (κ2) is 2.95. The monoisotopic (exact) mass is 164 g/mol. The van der Waals surface area contributed by atoms with E-state index in [9.17, 15) is 0 Å². The van der Waals surface area contributed by atoms with Gasteiger partial charge in [0.05, 0.1) is 0 Å². The third kappa shape index (κ3) is 6.61. The Morgan fingerprint density at radius 3 is 1.75 bits per heavy atom. The van der Waals surface area contributed by atoms with Crippen molar-refractivity contribution in [2.24, 2.45) is 0 Å². The lowest BCUT2D eigenvalue weighted by Crippen LogP contribution is -2.33. The van der Waals surface area contributed by atoms with Crippen LogP contribution in [0.1, 0.15) is 0 Å². The molecule has 0 heterocycles. The SMILES string of the molecule is C[SiH]([SiH3])O[Si](C)(C)C. The Hall–Kier alpha value is 0.611. The van der Waals surface area contributed by atoms with Crippen molar-refractivity contribution in [2.45, 2.75) is 26.2 Å². The number of rotatable bonds is 2. The van der Waals surface area contributed by atoms with E-state index in [0.29, 0.717) is 0 Å². The smallest absolute Gasteiger partial charge is 0.169 e. The molecule has 0 N–H and O–H groups in total. The van der Waals surface area contributed by atoms with Crippen LogP contribution in [0.3, 0.4) is 0 Å². The van der Waals surface area contributed by atoms with E-state index in [1.807, 2.05) is 0 Å². The fraction of sp³-hybridized carbons (Fsp3) is 1.00. The maximum absolute atomic E-state index is 5.78. The summed E-state index contributed by atoms with van der Waals surface area (Å²) in [6.45, 7) is 9.06. The van der Waals surface area contributed by atoms with Crippen molar-refractivity contribution < 1.29 is 4.12 Å². The predicted octanol–water partition coefficient (Wildman–Crippen LogP) is 0.0536. The van der Waals surface area contributed by atoms with Crippen molar-refractivity contribution in [3.63, 3.8) is 0 Å². The summed E-state index contributed by atoms with van der Waals surface area (Å²) in [7, 11) is -0.418. The zero-order valence-electron chi connectivity index (χ0n) is 6.49. The molecule has 0 spiro atoms. The summed E-state index contributed by atoms with van der Waals surface area (Å²) in [5.41, 5.74) is 0. The molecule has 50 valence electrons. The average Bonchev–Trinajstić information content (AvgIpc) is 1.21. The average molecular weight is 164 g/mol. The van der Waals surface area contributed by atoms with E-state index in [-0.39, 0.29) is 0 Å². The Bertz CT molecular complexity index is 66.2. The molecule has 0 saturated heterocycles. The Balaban J connectivity index is 3.39. The Labute approximate surface area is 57.5 Å². The fourth-order valence-corrected chi connectivity index (χ4v) is 12.7. The summed E-state index contributed by atoms with van der Waals surface area (Å²) in [6.07, 6.45) is 0. The normalized spacial score (nSPS) is 16.5. The summed E-state index contributed by atoms with van der Waals surface area (Å²) >= 11 is 0. The van der Waals surface area contributed by atoms with Crippen molar-refractivity contribution in [1.29, 1.82) is 0 Å². The molecule has 0 fully saturated rings. The molecule has 0 amide bonds. The first-order valence-corrected chi connectivity index (χ1v) is 12.7. The molecule has 0 radical (unpaired) electrons. The first kappa shape index (κ1) is 8.61. The minimum atomic E-state index is -1.12. The lowest BCUT2D eigenvalue weighted by molar-refractivity contribution is 0.595. The van der Waals surface area contributed by atoms with Crippen molar-refractivity contribution in [3.05, 3.63) is 0 Å². The van der Waals surface area contributed by atoms with E-state index in [1.54, 1.807) is 0 Å². The molecular weight excluding hydrogens is 148 g/mol. The van der Waals surface area contributed by atoms with Gasteiger partial charge in [-0.1, -0.05) is 6.55 Å². The molecule has 0 saturated carbocycles. The van der Waals surface area contributed by atoms with E-state index >= 15 is 0 Å². The maximum atomic E-state index is 5.78. The Kier molecular flexibility index (Phi) is 3.18. The molecule has 0 aliphatic carbocycles. The molecule has 0 bridgehead atoms. The van der Waals surface area contributed by atoms with Gasteiger partial charge in [-0.05, 0) is 19.6 Å². The fourth-order valence-electron chi connectivity index (χ4n) is 0.707. The van der Waals surface area contributed by atoms with E-state index in [2.05, 4.69) is 26.2 Å². The Morgan fingerprint density at radius 2 is 1.75 bits per heavy atom. The topological polar surface area (TPSA) is 9.23 Å². The minimum absolute atomic E-state index is 0.595. The van der Waals surface area contributed by atoms with Crippen LogP contribution >= 0.6 is 0 Å². The molecule has 1 atom stereocenters. The van der Waals surface area contributed by atoms with Gasteiger partial charge in [-0.2, -0.15) is 0 Å². The highest BCUT2D eigenvalue weighted by atomic mass is 29.2. The summed E-state index contributed by atoms with van der Waals surface area (Å²) in [5.74, 6) is 0. The molecule has 0 aromatic carbocycles. The van der Waals surface area contributed by atoms with Crippen LogP contribution < -0.4 is 0 Å². The summed E-state index contributed by atoms with van der Waals surface area (Å²) in [4.78, 5) is 0. The first-order chi connectivity index (χ1) is 3.42. The highest BCUT2D eigenvalue weighted by Crippen LogP contribution is 2.02. The molecule has 0 rings (SSSR count). The van der Waals surface area contributed by atoms with Gasteiger partial charge in [0.25, 0.3) is 0 Å². The Morgan fingerprint density at radius 1 is 1.38 bits per heavy atom. The van der Waals surface area contributed by atoms with Gasteiger partial charge in [0.1, 0.15) is 8.56 Å². The van der Waals surface area contributed by atoms with Crippen LogP contribution in [0.5, 0.6) is 0 Å². The molecule has 0 aliphatic heterocycles. The molecule has 0 aromatic heterocycles. The van der Waals surface area contributed by atoms with E-state index in [1.165, 1.54) is 9.76 Å². The molecule has 0 aliphatic rings. The van der Waals surface area contributed by atoms with Gasteiger partial charge in [0, 0.05) is 9.76 Å². The summed E-state index contributed by atoms with van der Waals surface area (Å²) in [6, 6.07) is 0. The standard InChI is InChI=1S/C4H16OSi3/c1-7(6)5-8(2,3)4/h7H,1-4,6H3. The van der Waals surface area contributed by atoms with Crippen LogP contribution in [0, 0.1) is 0 Å². The van der Waals surface area contributed by atoms with Gasteiger partial charge in [-0.3, -0.25) is 0 Å². The second-order valence-corrected chi connectivity index (χ2v) is 15.4. The molecule has 4 heteroatoms. The van der Waals surface area contributed by atoms with Gasteiger partial charge < -0.3 is 4.12 Å². The molecular formula is C4H16OSi3. The number of hydrogen-bond acceptors (Lipinski definition) is 1. The van der Waals surface area contributed by atoms with E-state index < -0.39 is 16.9 Å². The first-order valence-electron chi connectivity index (χ1n) is 3.09.